The highest BCUT2D eigenvalue weighted by atomic mass is 31.2. The minimum Gasteiger partial charge on any atom is -0.462 e. The Morgan fingerprint density at radius 1 is 0.392 bits per heavy atom. The molecular formula is C69H116NO8P. The van der Waals surface area contributed by atoms with Crippen molar-refractivity contribution >= 4 is 19.8 Å². The molecule has 0 aliphatic rings. The minimum absolute atomic E-state index is 0.0424. The fraction of sp³-hybridized carbons (Fsp3) is 0.652. The van der Waals surface area contributed by atoms with Crippen LogP contribution in [0.25, 0.3) is 0 Å². The number of ether oxygens (including phenoxy) is 2. The summed E-state index contributed by atoms with van der Waals surface area (Å²) in [4.78, 5) is 35.3. The van der Waals surface area contributed by atoms with Crippen molar-refractivity contribution < 1.29 is 37.6 Å². The number of rotatable bonds is 58. The topological polar surface area (TPSA) is 134 Å². The van der Waals surface area contributed by atoms with Crippen LogP contribution in [0, 0.1) is 0 Å². The van der Waals surface area contributed by atoms with Gasteiger partial charge in [-0.2, -0.15) is 0 Å². The van der Waals surface area contributed by atoms with Gasteiger partial charge in [0.25, 0.3) is 0 Å². The average Bonchev–Trinajstić information content (AvgIpc) is 3.44. The number of carbonyl (C=O) groups is 2. The largest absolute Gasteiger partial charge is 0.472 e. The van der Waals surface area contributed by atoms with Crippen LogP contribution in [0.1, 0.15) is 258 Å². The Bertz CT molecular complexity index is 1750. The molecule has 0 heterocycles. The van der Waals surface area contributed by atoms with E-state index in [1.54, 1.807) is 0 Å². The van der Waals surface area contributed by atoms with Gasteiger partial charge in [0.1, 0.15) is 6.61 Å². The molecule has 10 heteroatoms. The van der Waals surface area contributed by atoms with Crippen LogP contribution >= 0.6 is 7.82 Å². The normalized spacial score (nSPS) is 13.9. The van der Waals surface area contributed by atoms with Crippen molar-refractivity contribution in [3.63, 3.8) is 0 Å². The Labute approximate surface area is 484 Å². The zero-order valence-electron chi connectivity index (χ0n) is 50.3. The number of phosphoric acid groups is 1. The Balaban J connectivity index is 4.06. The van der Waals surface area contributed by atoms with E-state index in [0.29, 0.717) is 6.42 Å². The van der Waals surface area contributed by atoms with Gasteiger partial charge in [-0.3, -0.25) is 18.6 Å². The van der Waals surface area contributed by atoms with Crippen molar-refractivity contribution in [1.29, 1.82) is 0 Å². The first-order valence-corrected chi connectivity index (χ1v) is 33.2. The molecule has 0 aromatic rings. The fourth-order valence-corrected chi connectivity index (χ4v) is 9.13. The molecule has 2 unspecified atom stereocenters. The van der Waals surface area contributed by atoms with Crippen LogP contribution in [-0.2, 0) is 32.7 Å². The van der Waals surface area contributed by atoms with Gasteiger partial charge in [-0.25, -0.2) is 4.57 Å². The van der Waals surface area contributed by atoms with Gasteiger partial charge in [0.2, 0.25) is 0 Å². The third kappa shape index (κ3) is 63.2. The van der Waals surface area contributed by atoms with Crippen molar-refractivity contribution in [1.82, 2.24) is 0 Å². The number of phosphoric ester groups is 1. The van der Waals surface area contributed by atoms with Crippen LogP contribution in [0.2, 0.25) is 0 Å². The maximum absolute atomic E-state index is 12.7. The summed E-state index contributed by atoms with van der Waals surface area (Å²) in [7, 11) is -4.41. The van der Waals surface area contributed by atoms with Crippen LogP contribution in [0.15, 0.2) is 134 Å². The van der Waals surface area contributed by atoms with E-state index in [1.165, 1.54) is 116 Å². The zero-order chi connectivity index (χ0) is 57.3. The SMILES string of the molecule is CC/C=C\C/C=C\C/C=C\C/C=C\C/C=C\C/C=C\C/C=C\C/C=C\C/C=C\C/C=C\CCCCCCC(=O)OC(COC(=O)CCCCCCCCCCCCC/C=C\CCCCCCCCCC)COP(=O)(O)OCCN. The van der Waals surface area contributed by atoms with E-state index in [0.717, 1.165) is 109 Å². The lowest BCUT2D eigenvalue weighted by molar-refractivity contribution is -0.161. The molecule has 0 aromatic heterocycles. The van der Waals surface area contributed by atoms with Crippen molar-refractivity contribution in [3.05, 3.63) is 134 Å². The van der Waals surface area contributed by atoms with Gasteiger partial charge in [-0.1, -0.05) is 263 Å². The summed E-state index contributed by atoms with van der Waals surface area (Å²) in [5.41, 5.74) is 5.39. The Morgan fingerprint density at radius 2 is 0.696 bits per heavy atom. The predicted octanol–water partition coefficient (Wildman–Crippen LogP) is 20.5. The summed E-state index contributed by atoms with van der Waals surface area (Å²) in [5, 5.41) is 0. The summed E-state index contributed by atoms with van der Waals surface area (Å²) in [5.74, 6) is -0.862. The van der Waals surface area contributed by atoms with Gasteiger partial charge < -0.3 is 20.1 Å². The van der Waals surface area contributed by atoms with Crippen molar-refractivity contribution in [3.8, 4) is 0 Å². The summed E-state index contributed by atoms with van der Waals surface area (Å²) in [6.07, 6.45) is 89.4. The van der Waals surface area contributed by atoms with Gasteiger partial charge in [0.05, 0.1) is 13.2 Å². The number of hydrogen-bond acceptors (Lipinski definition) is 8. The lowest BCUT2D eigenvalue weighted by Crippen LogP contribution is -2.29. The molecule has 9 nitrogen and oxygen atoms in total. The third-order valence-corrected chi connectivity index (χ3v) is 14.0. The van der Waals surface area contributed by atoms with E-state index >= 15 is 0 Å². The van der Waals surface area contributed by atoms with Gasteiger partial charge >= 0.3 is 19.8 Å². The number of esters is 2. The van der Waals surface area contributed by atoms with Crippen LogP contribution < -0.4 is 5.73 Å². The van der Waals surface area contributed by atoms with E-state index < -0.39 is 32.5 Å². The highest BCUT2D eigenvalue weighted by molar-refractivity contribution is 7.47. The first kappa shape index (κ1) is 75.2. The van der Waals surface area contributed by atoms with Gasteiger partial charge in [-0.15, -0.1) is 0 Å². The molecule has 3 N–H and O–H groups in total. The van der Waals surface area contributed by atoms with Crippen molar-refractivity contribution in [2.75, 3.05) is 26.4 Å². The standard InChI is InChI=1S/C69H116NO8P/c1-3-5-7-9-11-13-15-17-19-21-23-25-27-28-29-30-31-32-33-34-35-36-37-38-40-42-44-46-48-50-52-54-56-58-60-62-69(72)78-67(66-77-79(73,74)76-64-63-70)65-75-68(71)61-59-57-55-53-51-49-47-45-43-41-39-26-24-22-20-18-16-14-12-10-8-6-4-2/h5,7,11,13,17,19,22-25,28-29,31-32,34-35,37-38,42,44,48,50,67H,3-4,6,8-10,12,14-16,18,20-21,26-27,30,33,36,39-41,43,45-47,49,51-66,70H2,1-2H3,(H,73,74)/b7-5-,13-11-,19-17-,24-22-,25-23-,29-28-,32-31-,35-34-,38-37-,44-42-,50-48-. The fourth-order valence-electron chi connectivity index (χ4n) is 8.36. The summed E-state index contributed by atoms with van der Waals surface area (Å²) >= 11 is 0. The molecular weight excluding hydrogens is 1000 g/mol. The monoisotopic (exact) mass is 1120 g/mol. The second-order valence-corrected chi connectivity index (χ2v) is 22.0. The summed E-state index contributed by atoms with van der Waals surface area (Å²) in [6, 6.07) is 0. The first-order valence-electron chi connectivity index (χ1n) is 31.7. The number of allylic oxidation sites excluding steroid dienone is 22. The molecule has 79 heavy (non-hydrogen) atoms. The molecule has 0 aromatic carbocycles. The van der Waals surface area contributed by atoms with E-state index in [-0.39, 0.29) is 32.6 Å². The molecule has 0 spiro atoms. The molecule has 0 aliphatic carbocycles. The molecule has 0 rings (SSSR count). The molecule has 0 saturated heterocycles. The quantitative estimate of drug-likeness (QED) is 0.0264. The molecule has 0 amide bonds. The Hall–Kier alpha value is -3.85. The highest BCUT2D eigenvalue weighted by Crippen LogP contribution is 2.43. The zero-order valence-corrected chi connectivity index (χ0v) is 51.2. The van der Waals surface area contributed by atoms with E-state index in [2.05, 4.69) is 148 Å². The van der Waals surface area contributed by atoms with E-state index in [4.69, 9.17) is 24.3 Å². The Morgan fingerprint density at radius 3 is 1.05 bits per heavy atom. The van der Waals surface area contributed by atoms with Crippen molar-refractivity contribution in [2.24, 2.45) is 5.73 Å². The van der Waals surface area contributed by atoms with Crippen molar-refractivity contribution in [2.45, 2.75) is 264 Å². The minimum atomic E-state index is -4.41. The number of nitrogens with two attached hydrogens (primary N) is 1. The van der Waals surface area contributed by atoms with E-state index in [1.807, 2.05) is 0 Å². The highest BCUT2D eigenvalue weighted by Gasteiger charge is 2.26. The summed E-state index contributed by atoms with van der Waals surface area (Å²) in [6.45, 7) is 3.60. The molecule has 0 radical (unpaired) electrons. The predicted molar refractivity (Wildman–Crippen MR) is 339 cm³/mol. The lowest BCUT2D eigenvalue weighted by Gasteiger charge is -2.19. The molecule has 450 valence electrons. The van der Waals surface area contributed by atoms with Gasteiger partial charge in [-0.05, 0) is 116 Å². The molecule has 0 fully saturated rings. The number of unbranched alkanes of at least 4 members (excludes halogenated alkanes) is 23. The van der Waals surface area contributed by atoms with Crippen LogP contribution in [-0.4, -0.2) is 49.3 Å². The third-order valence-electron chi connectivity index (χ3n) is 13.0. The van der Waals surface area contributed by atoms with E-state index in [9.17, 15) is 19.0 Å². The first-order chi connectivity index (χ1) is 38.8. The van der Waals surface area contributed by atoms with Gasteiger partial charge in [0.15, 0.2) is 6.10 Å². The number of hydrogen-bond donors (Lipinski definition) is 2. The second kappa shape index (κ2) is 63.3. The average molecular weight is 1120 g/mol. The molecule has 0 bridgehead atoms. The lowest BCUT2D eigenvalue weighted by atomic mass is 10.0. The Kier molecular flexibility index (Phi) is 60.2. The second-order valence-electron chi connectivity index (χ2n) is 20.5. The van der Waals surface area contributed by atoms with Gasteiger partial charge in [0, 0.05) is 19.4 Å². The molecule has 2 atom stereocenters. The maximum Gasteiger partial charge on any atom is 0.472 e. The molecule has 0 saturated carbocycles. The van der Waals surface area contributed by atoms with Crippen LogP contribution in [0.3, 0.4) is 0 Å². The number of carbonyl (C=O) groups excluding carboxylic acids is 2. The maximum atomic E-state index is 12.7. The van der Waals surface area contributed by atoms with Crippen LogP contribution in [0.5, 0.6) is 0 Å². The van der Waals surface area contributed by atoms with Crippen LogP contribution in [0.4, 0.5) is 0 Å². The summed E-state index contributed by atoms with van der Waals surface area (Å²) < 4.78 is 33.1. The smallest absolute Gasteiger partial charge is 0.462 e. The molecule has 0 aliphatic heterocycles.